The fraction of sp³-hybridized carbons (Fsp3) is 0.278. The SMILES string of the molecule is CN1CCN(C(=O)c2ccnc(C(=O)Nc3ccc(F)cc3F)c2)CC1. The molecule has 0 saturated carbocycles. The number of pyridine rings is 1. The summed E-state index contributed by atoms with van der Waals surface area (Å²) in [6, 6.07) is 5.75. The Morgan fingerprint density at radius 3 is 2.50 bits per heavy atom. The number of nitrogens with one attached hydrogen (secondary N) is 1. The Balaban J connectivity index is 1.74. The summed E-state index contributed by atoms with van der Waals surface area (Å²) >= 11 is 0. The van der Waals surface area contributed by atoms with Crippen LogP contribution in [0.4, 0.5) is 14.5 Å². The van der Waals surface area contributed by atoms with Crippen molar-refractivity contribution in [2.24, 2.45) is 0 Å². The maximum atomic E-state index is 13.7. The molecule has 6 nitrogen and oxygen atoms in total. The van der Waals surface area contributed by atoms with Gasteiger partial charge in [-0.3, -0.25) is 14.6 Å². The van der Waals surface area contributed by atoms with Gasteiger partial charge in [0.05, 0.1) is 5.69 Å². The number of amides is 2. The van der Waals surface area contributed by atoms with Gasteiger partial charge in [0.2, 0.25) is 0 Å². The van der Waals surface area contributed by atoms with Gasteiger partial charge >= 0.3 is 0 Å². The van der Waals surface area contributed by atoms with Crippen LogP contribution in [0.15, 0.2) is 36.5 Å². The number of rotatable bonds is 3. The Morgan fingerprint density at radius 2 is 1.81 bits per heavy atom. The number of likely N-dealkylation sites (N-methyl/N-ethyl adjacent to an activating group) is 1. The molecule has 1 aliphatic rings. The molecule has 8 heteroatoms. The van der Waals surface area contributed by atoms with Gasteiger partial charge in [-0.05, 0) is 31.3 Å². The smallest absolute Gasteiger partial charge is 0.274 e. The van der Waals surface area contributed by atoms with E-state index in [1.54, 1.807) is 4.90 Å². The summed E-state index contributed by atoms with van der Waals surface area (Å²) in [4.78, 5) is 32.6. The highest BCUT2D eigenvalue weighted by Crippen LogP contribution is 2.16. The topological polar surface area (TPSA) is 65.5 Å². The van der Waals surface area contributed by atoms with E-state index < -0.39 is 17.5 Å². The van der Waals surface area contributed by atoms with E-state index in [4.69, 9.17) is 0 Å². The molecule has 0 atom stereocenters. The molecule has 1 fully saturated rings. The van der Waals surface area contributed by atoms with Gasteiger partial charge < -0.3 is 15.1 Å². The van der Waals surface area contributed by atoms with Gasteiger partial charge in [0, 0.05) is 44.0 Å². The number of aromatic nitrogens is 1. The lowest BCUT2D eigenvalue weighted by Gasteiger charge is -2.32. The number of piperazine rings is 1. The molecule has 2 heterocycles. The monoisotopic (exact) mass is 360 g/mol. The molecule has 0 bridgehead atoms. The summed E-state index contributed by atoms with van der Waals surface area (Å²) in [5.74, 6) is -2.48. The van der Waals surface area contributed by atoms with Crippen LogP contribution in [0.2, 0.25) is 0 Å². The zero-order valence-corrected chi connectivity index (χ0v) is 14.2. The maximum Gasteiger partial charge on any atom is 0.274 e. The minimum absolute atomic E-state index is 0.0197. The second kappa shape index (κ2) is 7.57. The second-order valence-corrected chi connectivity index (χ2v) is 6.10. The van der Waals surface area contributed by atoms with Crippen LogP contribution in [-0.2, 0) is 0 Å². The fourth-order valence-electron chi connectivity index (χ4n) is 2.66. The molecule has 0 radical (unpaired) electrons. The van der Waals surface area contributed by atoms with Crippen LogP contribution in [0.3, 0.4) is 0 Å². The fourth-order valence-corrected chi connectivity index (χ4v) is 2.66. The van der Waals surface area contributed by atoms with E-state index in [-0.39, 0.29) is 17.3 Å². The van der Waals surface area contributed by atoms with Gasteiger partial charge in [-0.25, -0.2) is 8.78 Å². The molecular formula is C18H18F2N4O2. The lowest BCUT2D eigenvalue weighted by molar-refractivity contribution is 0.0664. The summed E-state index contributed by atoms with van der Waals surface area (Å²) in [5.41, 5.74) is 0.164. The average Bonchev–Trinajstić information content (AvgIpc) is 2.64. The number of anilines is 1. The number of hydrogen-bond donors (Lipinski definition) is 1. The van der Waals surface area contributed by atoms with Crippen LogP contribution in [0, 0.1) is 11.6 Å². The third kappa shape index (κ3) is 4.02. The van der Waals surface area contributed by atoms with Gasteiger partial charge in [0.15, 0.2) is 0 Å². The predicted molar refractivity (Wildman–Crippen MR) is 91.9 cm³/mol. The lowest BCUT2D eigenvalue weighted by Crippen LogP contribution is -2.47. The molecule has 2 aromatic rings. The van der Waals surface area contributed by atoms with Crippen LogP contribution in [0.1, 0.15) is 20.8 Å². The summed E-state index contributed by atoms with van der Waals surface area (Å²) in [5, 5.41) is 2.33. The molecule has 0 aliphatic carbocycles. The first-order chi connectivity index (χ1) is 12.4. The van der Waals surface area contributed by atoms with E-state index in [1.807, 2.05) is 7.05 Å². The minimum Gasteiger partial charge on any atom is -0.336 e. The van der Waals surface area contributed by atoms with Crippen molar-refractivity contribution in [2.45, 2.75) is 0 Å². The normalized spacial score (nSPS) is 15.0. The lowest BCUT2D eigenvalue weighted by atomic mass is 10.1. The first-order valence-electron chi connectivity index (χ1n) is 8.14. The van der Waals surface area contributed by atoms with Crippen LogP contribution in [-0.4, -0.2) is 59.8 Å². The van der Waals surface area contributed by atoms with Crippen molar-refractivity contribution in [3.63, 3.8) is 0 Å². The standard InChI is InChI=1S/C18H18F2N4O2/c1-23-6-8-24(9-7-23)18(26)12-4-5-21-16(10-12)17(25)22-15-3-2-13(19)11-14(15)20/h2-5,10-11H,6-9H2,1H3,(H,22,25). The molecule has 3 rings (SSSR count). The number of carbonyl (C=O) groups is 2. The van der Waals surface area contributed by atoms with Gasteiger partial charge in [-0.1, -0.05) is 0 Å². The van der Waals surface area contributed by atoms with E-state index in [9.17, 15) is 18.4 Å². The van der Waals surface area contributed by atoms with E-state index in [0.717, 1.165) is 25.2 Å². The second-order valence-electron chi connectivity index (χ2n) is 6.10. The third-order valence-corrected chi connectivity index (χ3v) is 4.21. The molecule has 1 aliphatic heterocycles. The number of carbonyl (C=O) groups excluding carboxylic acids is 2. The number of halogens is 2. The van der Waals surface area contributed by atoms with Crippen molar-refractivity contribution in [3.05, 3.63) is 59.4 Å². The third-order valence-electron chi connectivity index (χ3n) is 4.21. The zero-order chi connectivity index (χ0) is 18.7. The summed E-state index contributed by atoms with van der Waals surface area (Å²) in [6.07, 6.45) is 1.36. The van der Waals surface area contributed by atoms with E-state index >= 15 is 0 Å². The largest absolute Gasteiger partial charge is 0.336 e. The van der Waals surface area contributed by atoms with Gasteiger partial charge in [-0.2, -0.15) is 0 Å². The summed E-state index contributed by atoms with van der Waals surface area (Å²) in [6.45, 7) is 2.79. The van der Waals surface area contributed by atoms with Crippen LogP contribution < -0.4 is 5.32 Å². The highest BCUT2D eigenvalue weighted by molar-refractivity contribution is 6.04. The molecule has 136 valence electrons. The van der Waals surface area contributed by atoms with Crippen LogP contribution in [0.25, 0.3) is 0 Å². The Labute approximate surface area is 149 Å². The highest BCUT2D eigenvalue weighted by Gasteiger charge is 2.21. The van der Waals surface area contributed by atoms with Crippen molar-refractivity contribution >= 4 is 17.5 Å². The molecule has 2 amide bonds. The Morgan fingerprint density at radius 1 is 1.08 bits per heavy atom. The van der Waals surface area contributed by atoms with Crippen molar-refractivity contribution in [1.29, 1.82) is 0 Å². The molecule has 1 N–H and O–H groups in total. The van der Waals surface area contributed by atoms with Crippen LogP contribution in [0.5, 0.6) is 0 Å². The minimum atomic E-state index is -0.886. The van der Waals surface area contributed by atoms with Crippen LogP contribution >= 0.6 is 0 Å². The van der Waals surface area contributed by atoms with Crippen molar-refractivity contribution in [2.75, 3.05) is 38.5 Å². The van der Waals surface area contributed by atoms with Crippen molar-refractivity contribution in [1.82, 2.24) is 14.8 Å². The quantitative estimate of drug-likeness (QED) is 0.909. The van der Waals surface area contributed by atoms with Gasteiger partial charge in [-0.15, -0.1) is 0 Å². The Bertz CT molecular complexity index is 836. The first kappa shape index (κ1) is 17.9. The molecular weight excluding hydrogens is 342 g/mol. The van der Waals surface area contributed by atoms with Crippen molar-refractivity contribution < 1.29 is 18.4 Å². The highest BCUT2D eigenvalue weighted by atomic mass is 19.1. The van der Waals surface area contributed by atoms with Gasteiger partial charge in [0.1, 0.15) is 17.3 Å². The molecule has 1 aromatic carbocycles. The number of benzene rings is 1. The molecule has 26 heavy (non-hydrogen) atoms. The zero-order valence-electron chi connectivity index (χ0n) is 14.2. The average molecular weight is 360 g/mol. The number of hydrogen-bond acceptors (Lipinski definition) is 4. The summed E-state index contributed by atoms with van der Waals surface area (Å²) < 4.78 is 26.6. The summed E-state index contributed by atoms with van der Waals surface area (Å²) in [7, 11) is 1.99. The molecule has 0 spiro atoms. The van der Waals surface area contributed by atoms with E-state index in [0.29, 0.717) is 24.7 Å². The van der Waals surface area contributed by atoms with Crippen molar-refractivity contribution in [3.8, 4) is 0 Å². The Hall–Kier alpha value is -2.87. The van der Waals surface area contributed by atoms with Gasteiger partial charge in [0.25, 0.3) is 11.8 Å². The maximum absolute atomic E-state index is 13.7. The number of nitrogens with zero attached hydrogens (tertiary/aromatic N) is 3. The first-order valence-corrected chi connectivity index (χ1v) is 8.14. The molecule has 1 aromatic heterocycles. The van der Waals surface area contributed by atoms with E-state index in [1.165, 1.54) is 18.3 Å². The Kier molecular flexibility index (Phi) is 5.22. The van der Waals surface area contributed by atoms with E-state index in [2.05, 4.69) is 15.2 Å². The molecule has 1 saturated heterocycles. The predicted octanol–water partition coefficient (Wildman–Crippen LogP) is 2.00. The molecule has 0 unspecified atom stereocenters.